The Kier molecular flexibility index (Phi) is 13.2. The second-order valence-corrected chi connectivity index (χ2v) is 12.2. The number of benzene rings is 1. The highest BCUT2D eigenvalue weighted by atomic mass is 16.5. The minimum Gasteiger partial charge on any atom is -0.494 e. The maximum Gasteiger partial charge on any atom is 0.246 e. The van der Waals surface area contributed by atoms with Crippen molar-refractivity contribution >= 4 is 29.4 Å². The Hall–Kier alpha value is -3.47. The van der Waals surface area contributed by atoms with E-state index in [2.05, 4.69) is 22.9 Å². The molecule has 0 radical (unpaired) electrons. The number of fused-ring (bicyclic) bond motifs is 1. The van der Waals surface area contributed by atoms with Gasteiger partial charge < -0.3 is 30.7 Å². The number of hydrogen-bond donors (Lipinski definition) is 4. The molecular formula is C33H50N4O7. The molecule has 2 heterocycles. The highest BCUT2D eigenvalue weighted by Crippen LogP contribution is 2.23. The van der Waals surface area contributed by atoms with E-state index in [1.165, 1.54) is 11.8 Å². The number of nitrogens with zero attached hydrogens (tertiary/aromatic N) is 1. The van der Waals surface area contributed by atoms with Crippen molar-refractivity contribution in [2.45, 2.75) is 128 Å². The molecule has 0 bridgehead atoms. The van der Waals surface area contributed by atoms with E-state index in [0.29, 0.717) is 51.7 Å². The molecule has 4 N–H and O–H groups in total. The molecule has 0 saturated carbocycles. The number of nitrogens with one attached hydrogen (secondary N) is 3. The number of aliphatic hydroxyl groups is 1. The van der Waals surface area contributed by atoms with Crippen LogP contribution in [0.15, 0.2) is 24.3 Å². The zero-order valence-electron chi connectivity index (χ0n) is 26.7. The summed E-state index contributed by atoms with van der Waals surface area (Å²) in [6, 6.07) is 4.87. The summed E-state index contributed by atoms with van der Waals surface area (Å²) >= 11 is 0. The van der Waals surface area contributed by atoms with Crippen LogP contribution < -0.4 is 20.7 Å². The molecule has 4 amide bonds. The number of carbonyl (C=O) groups excluding carboxylic acids is 5. The molecule has 2 aliphatic rings. The number of Topliss-reactive ketones (excluding diaryl/α,β-unsaturated/α-hetero) is 1. The Morgan fingerprint density at radius 2 is 1.75 bits per heavy atom. The van der Waals surface area contributed by atoms with Crippen LogP contribution in [0.2, 0.25) is 0 Å². The monoisotopic (exact) mass is 614 g/mol. The summed E-state index contributed by atoms with van der Waals surface area (Å²) < 4.78 is 5.75. The molecule has 0 spiro atoms. The molecule has 11 heteroatoms. The van der Waals surface area contributed by atoms with Crippen LogP contribution in [-0.4, -0.2) is 82.3 Å². The predicted molar refractivity (Wildman–Crippen MR) is 166 cm³/mol. The average molecular weight is 615 g/mol. The van der Waals surface area contributed by atoms with Crippen molar-refractivity contribution in [1.29, 1.82) is 0 Å². The molecular weight excluding hydrogens is 564 g/mol. The summed E-state index contributed by atoms with van der Waals surface area (Å²) in [5, 5.41) is 18.0. The van der Waals surface area contributed by atoms with Gasteiger partial charge in [0.1, 0.15) is 35.5 Å². The molecule has 11 nitrogen and oxygen atoms in total. The fraction of sp³-hybridized carbons (Fsp3) is 0.667. The van der Waals surface area contributed by atoms with Gasteiger partial charge in [0.15, 0.2) is 5.78 Å². The number of ketones is 1. The van der Waals surface area contributed by atoms with Crippen molar-refractivity contribution in [1.82, 2.24) is 20.9 Å². The fourth-order valence-corrected chi connectivity index (χ4v) is 5.55. The molecule has 244 valence electrons. The Morgan fingerprint density at radius 1 is 1.02 bits per heavy atom. The van der Waals surface area contributed by atoms with Crippen molar-refractivity contribution in [2.75, 3.05) is 13.2 Å². The maximum atomic E-state index is 13.9. The lowest BCUT2D eigenvalue weighted by Gasteiger charge is -2.36. The third kappa shape index (κ3) is 9.51. The van der Waals surface area contributed by atoms with Gasteiger partial charge in [-0.2, -0.15) is 0 Å². The van der Waals surface area contributed by atoms with Crippen LogP contribution in [0.25, 0.3) is 0 Å². The minimum absolute atomic E-state index is 0.221. The van der Waals surface area contributed by atoms with E-state index in [4.69, 9.17) is 4.74 Å². The van der Waals surface area contributed by atoms with Crippen LogP contribution in [0.1, 0.15) is 97.5 Å². The van der Waals surface area contributed by atoms with Crippen LogP contribution >= 0.6 is 0 Å². The molecule has 2 saturated heterocycles. The van der Waals surface area contributed by atoms with Crippen molar-refractivity contribution in [3.05, 3.63) is 29.8 Å². The van der Waals surface area contributed by atoms with Gasteiger partial charge >= 0.3 is 0 Å². The zero-order chi connectivity index (χ0) is 32.3. The highest BCUT2D eigenvalue weighted by molar-refractivity contribution is 5.99. The zero-order valence-corrected chi connectivity index (χ0v) is 26.7. The minimum atomic E-state index is -1.32. The van der Waals surface area contributed by atoms with Crippen LogP contribution in [0.5, 0.6) is 5.75 Å². The summed E-state index contributed by atoms with van der Waals surface area (Å²) in [4.78, 5) is 67.9. The Morgan fingerprint density at radius 3 is 2.41 bits per heavy atom. The second kappa shape index (κ2) is 16.6. The van der Waals surface area contributed by atoms with E-state index < -0.39 is 47.5 Å². The Bertz CT molecular complexity index is 1160. The molecule has 1 aromatic carbocycles. The van der Waals surface area contributed by atoms with Gasteiger partial charge in [0.05, 0.1) is 6.61 Å². The third-order valence-corrected chi connectivity index (χ3v) is 8.69. The third-order valence-electron chi connectivity index (χ3n) is 8.69. The highest BCUT2D eigenvalue weighted by Gasteiger charge is 2.43. The SMILES string of the molecule is CCCCOc1ccc(C[C@@H]2NC(=O)[C@](C)(CC)NC(=O)[C@H](CCCCCC(=O)[C@@H](C)O)NC(=O)[C@H]3CCCN3C2=O)cc1. The Labute approximate surface area is 260 Å². The average Bonchev–Trinajstić information content (AvgIpc) is 3.50. The van der Waals surface area contributed by atoms with Gasteiger partial charge in [-0.25, -0.2) is 0 Å². The molecule has 0 aliphatic carbocycles. The number of hydrogen-bond acceptors (Lipinski definition) is 7. The standard InChI is InChI=1S/C33H50N4O7/c1-5-7-20-44-24-17-15-23(16-18-24)21-26-31(42)37-19-11-13-27(37)30(41)34-25(12-9-8-10-14-28(39)22(3)38)29(40)36-33(4,6-2)32(43)35-26/h15-18,22,25-27,38H,5-14,19-21H2,1-4H3,(H,34,41)(H,35,43)(H,36,40)/t22-,25+,26+,27-,33+/m1/s1. The first-order valence-corrected chi connectivity index (χ1v) is 16.2. The van der Waals surface area contributed by atoms with Crippen molar-refractivity contribution < 1.29 is 33.8 Å². The summed E-state index contributed by atoms with van der Waals surface area (Å²) in [6.07, 6.45) is 4.86. The first-order valence-electron chi connectivity index (χ1n) is 16.2. The fourth-order valence-electron chi connectivity index (χ4n) is 5.55. The van der Waals surface area contributed by atoms with E-state index in [1.54, 1.807) is 13.8 Å². The van der Waals surface area contributed by atoms with Gasteiger partial charge in [0.2, 0.25) is 23.6 Å². The number of carbonyl (C=O) groups is 5. The van der Waals surface area contributed by atoms with Gasteiger partial charge in [0.25, 0.3) is 0 Å². The van der Waals surface area contributed by atoms with E-state index in [9.17, 15) is 29.1 Å². The van der Waals surface area contributed by atoms with Crippen LogP contribution in [-0.2, 0) is 30.4 Å². The van der Waals surface area contributed by atoms with E-state index in [0.717, 1.165) is 24.2 Å². The van der Waals surface area contributed by atoms with Crippen molar-refractivity contribution in [3.63, 3.8) is 0 Å². The summed E-state index contributed by atoms with van der Waals surface area (Å²) in [5.74, 6) is -1.16. The van der Waals surface area contributed by atoms with Gasteiger partial charge in [-0.05, 0) is 70.1 Å². The molecule has 5 atom stereocenters. The first-order chi connectivity index (χ1) is 21.0. The number of rotatable bonds is 14. The van der Waals surface area contributed by atoms with E-state index in [-0.39, 0.29) is 31.0 Å². The quantitative estimate of drug-likeness (QED) is 0.235. The summed E-state index contributed by atoms with van der Waals surface area (Å²) in [6.45, 7) is 7.94. The van der Waals surface area contributed by atoms with E-state index in [1.807, 2.05) is 24.3 Å². The van der Waals surface area contributed by atoms with Gasteiger partial charge in [-0.3, -0.25) is 24.0 Å². The van der Waals surface area contributed by atoms with Crippen LogP contribution in [0, 0.1) is 0 Å². The van der Waals surface area contributed by atoms with E-state index >= 15 is 0 Å². The maximum absolute atomic E-state index is 13.9. The molecule has 1 aromatic rings. The molecule has 2 fully saturated rings. The van der Waals surface area contributed by atoms with Gasteiger partial charge in [-0.1, -0.05) is 45.2 Å². The predicted octanol–water partition coefficient (Wildman–Crippen LogP) is 2.57. The topological polar surface area (TPSA) is 154 Å². The van der Waals surface area contributed by atoms with Gasteiger partial charge in [0, 0.05) is 19.4 Å². The number of aliphatic hydroxyl groups excluding tert-OH is 1. The number of amides is 4. The molecule has 0 unspecified atom stereocenters. The molecule has 2 aliphatic heterocycles. The number of ether oxygens (including phenoxy) is 1. The van der Waals surface area contributed by atoms with Crippen molar-refractivity contribution in [2.24, 2.45) is 0 Å². The molecule has 0 aromatic heterocycles. The second-order valence-electron chi connectivity index (χ2n) is 12.2. The largest absolute Gasteiger partial charge is 0.494 e. The van der Waals surface area contributed by atoms with Crippen molar-refractivity contribution in [3.8, 4) is 5.75 Å². The van der Waals surface area contributed by atoms with Gasteiger partial charge in [-0.15, -0.1) is 0 Å². The van der Waals surface area contributed by atoms with Crippen LogP contribution in [0.3, 0.4) is 0 Å². The lowest BCUT2D eigenvalue weighted by atomic mass is 9.94. The lowest BCUT2D eigenvalue weighted by Crippen LogP contribution is -2.65. The smallest absolute Gasteiger partial charge is 0.246 e. The summed E-state index contributed by atoms with van der Waals surface area (Å²) in [7, 11) is 0. The normalized spacial score (nSPS) is 25.2. The number of unbranched alkanes of at least 4 members (excludes halogenated alkanes) is 3. The first kappa shape index (κ1) is 35.0. The lowest BCUT2D eigenvalue weighted by molar-refractivity contribution is -0.144. The summed E-state index contributed by atoms with van der Waals surface area (Å²) in [5.41, 5.74) is -0.487. The Balaban J connectivity index is 1.79. The molecule has 44 heavy (non-hydrogen) atoms. The van der Waals surface area contributed by atoms with Crippen LogP contribution in [0.4, 0.5) is 0 Å². The molecule has 3 rings (SSSR count).